The smallest absolute Gasteiger partial charge is 0.332 e. The van der Waals surface area contributed by atoms with Crippen LogP contribution in [0.4, 0.5) is 0 Å². The Balaban J connectivity index is 0. The zero-order chi connectivity index (χ0) is 5.15. The van der Waals surface area contributed by atoms with Gasteiger partial charge in [0.25, 0.3) is 0 Å². The van der Waals surface area contributed by atoms with Crippen LogP contribution < -0.4 is 0 Å². The van der Waals surface area contributed by atoms with Gasteiger partial charge in [-0.3, -0.25) is 0 Å². The zero-order valence-electron chi connectivity index (χ0n) is 3.96. The molecule has 1 unspecified atom stereocenters. The summed E-state index contributed by atoms with van der Waals surface area (Å²) in [6.07, 6.45) is -1.23. The Hall–Kier alpha value is 0.794. The van der Waals surface area contributed by atoms with Gasteiger partial charge in [-0.2, -0.15) is 0 Å². The van der Waals surface area contributed by atoms with Crippen molar-refractivity contribution in [2.45, 2.75) is 13.0 Å². The first kappa shape index (κ1) is 10.7. The van der Waals surface area contributed by atoms with E-state index in [0.29, 0.717) is 0 Å². The Bertz CT molecular complexity index is 61.2. The molecule has 0 aromatic carbocycles. The molecule has 0 aromatic heterocycles. The number of carboxylic acids is 1. The molecule has 0 aliphatic carbocycles. The van der Waals surface area contributed by atoms with Crippen molar-refractivity contribution < 1.29 is 56.3 Å². The SMILES string of the molecule is CC(O)C(=O)O.[Pr]. The Morgan fingerprint density at radius 2 is 1.86 bits per heavy atom. The molecule has 1 atom stereocenters. The first-order chi connectivity index (χ1) is 2.64. The Morgan fingerprint density at radius 3 is 1.86 bits per heavy atom. The van der Waals surface area contributed by atoms with Gasteiger partial charge in [-0.1, -0.05) is 0 Å². The van der Waals surface area contributed by atoms with Crippen LogP contribution in [0.1, 0.15) is 6.92 Å². The average molecular weight is 231 g/mol. The van der Waals surface area contributed by atoms with Crippen LogP contribution in [0.3, 0.4) is 0 Å². The summed E-state index contributed by atoms with van der Waals surface area (Å²) in [4.78, 5) is 9.45. The van der Waals surface area contributed by atoms with Crippen molar-refractivity contribution in [2.75, 3.05) is 0 Å². The van der Waals surface area contributed by atoms with Gasteiger partial charge in [-0.25, -0.2) is 4.79 Å². The number of aliphatic hydroxyl groups is 1. The van der Waals surface area contributed by atoms with E-state index in [4.69, 9.17) is 10.2 Å². The fourth-order valence-corrected chi connectivity index (χ4v) is 0. The molecule has 3 nitrogen and oxygen atoms in total. The van der Waals surface area contributed by atoms with Gasteiger partial charge in [-0.15, -0.1) is 0 Å². The van der Waals surface area contributed by atoms with Crippen molar-refractivity contribution in [1.29, 1.82) is 0 Å². The molecule has 4 heteroatoms. The molecule has 1 radical (unpaired) electrons. The summed E-state index contributed by atoms with van der Waals surface area (Å²) in [5.41, 5.74) is 0. The van der Waals surface area contributed by atoms with Gasteiger partial charge in [0.05, 0.1) is 0 Å². The third-order valence-electron chi connectivity index (χ3n) is 0.357. The van der Waals surface area contributed by atoms with Crippen LogP contribution in [0.15, 0.2) is 0 Å². The van der Waals surface area contributed by atoms with E-state index >= 15 is 0 Å². The first-order valence-corrected chi connectivity index (χ1v) is 1.55. The first-order valence-electron chi connectivity index (χ1n) is 1.55. The summed E-state index contributed by atoms with van der Waals surface area (Å²) < 4.78 is 0. The van der Waals surface area contributed by atoms with Gasteiger partial charge in [0.15, 0.2) is 0 Å². The number of aliphatic carboxylic acids is 1. The molecule has 0 spiro atoms. The van der Waals surface area contributed by atoms with Gasteiger partial charge in [0, 0.05) is 41.3 Å². The molecular weight excluding hydrogens is 225 g/mol. The summed E-state index contributed by atoms with van der Waals surface area (Å²) in [5, 5.41) is 15.8. The number of carbonyl (C=O) groups is 1. The third-order valence-corrected chi connectivity index (χ3v) is 0.357. The quantitative estimate of drug-likeness (QED) is 0.636. The van der Waals surface area contributed by atoms with Crippen molar-refractivity contribution in [3.8, 4) is 0 Å². The molecule has 0 saturated heterocycles. The average Bonchev–Trinajstić information content (AvgIpc) is 1.36. The monoisotopic (exact) mass is 231 g/mol. The number of carboxylic acid groups (broad SMARTS) is 1. The minimum Gasteiger partial charge on any atom is -0.479 e. The molecule has 0 saturated carbocycles. The second-order valence-electron chi connectivity index (χ2n) is 1.01. The molecular formula is C3H6O3Pr. The van der Waals surface area contributed by atoms with Gasteiger partial charge < -0.3 is 10.2 Å². The maximum Gasteiger partial charge on any atom is 0.332 e. The van der Waals surface area contributed by atoms with Crippen LogP contribution in [-0.2, 0) is 4.79 Å². The second kappa shape index (κ2) is 4.94. The topological polar surface area (TPSA) is 57.5 Å². The standard InChI is InChI=1S/C3H6O3.Pr/c1-2(4)3(5)6;/h2,4H,1H3,(H,5,6);. The van der Waals surface area contributed by atoms with Gasteiger partial charge in [0.1, 0.15) is 6.10 Å². The molecule has 0 bridgehead atoms. The predicted octanol–water partition coefficient (Wildman–Crippen LogP) is -0.548. The number of rotatable bonds is 1. The molecule has 0 amide bonds. The molecule has 0 heterocycles. The second-order valence-corrected chi connectivity index (χ2v) is 1.01. The fraction of sp³-hybridized carbons (Fsp3) is 0.667. The van der Waals surface area contributed by atoms with E-state index in [9.17, 15) is 4.79 Å². The maximum atomic E-state index is 9.45. The predicted molar refractivity (Wildman–Crippen MR) is 19.3 cm³/mol. The van der Waals surface area contributed by atoms with E-state index in [1.54, 1.807) is 0 Å². The van der Waals surface area contributed by atoms with Crippen LogP contribution in [0.25, 0.3) is 0 Å². The third kappa shape index (κ3) is 6.79. The van der Waals surface area contributed by atoms with E-state index < -0.39 is 12.1 Å². The summed E-state index contributed by atoms with van der Waals surface area (Å²) in [6, 6.07) is 0. The van der Waals surface area contributed by atoms with E-state index in [1.165, 1.54) is 6.92 Å². The molecule has 0 aromatic rings. The van der Waals surface area contributed by atoms with Gasteiger partial charge in [-0.05, 0) is 6.92 Å². The zero-order valence-corrected chi connectivity index (χ0v) is 7.66. The van der Waals surface area contributed by atoms with Crippen molar-refractivity contribution in [2.24, 2.45) is 0 Å². The Kier molecular flexibility index (Phi) is 7.56. The van der Waals surface area contributed by atoms with Crippen molar-refractivity contribution in [1.82, 2.24) is 0 Å². The van der Waals surface area contributed by atoms with Crippen molar-refractivity contribution in [3.63, 3.8) is 0 Å². The van der Waals surface area contributed by atoms with E-state index in [0.717, 1.165) is 0 Å². The van der Waals surface area contributed by atoms with Crippen LogP contribution in [0.5, 0.6) is 0 Å². The van der Waals surface area contributed by atoms with E-state index in [-0.39, 0.29) is 41.3 Å². The Labute approximate surface area is 74.7 Å². The fourth-order valence-electron chi connectivity index (χ4n) is 0. The summed E-state index contributed by atoms with van der Waals surface area (Å²) in [5.74, 6) is -1.19. The normalized spacial score (nSPS) is 11.7. The minimum absolute atomic E-state index is 0. The van der Waals surface area contributed by atoms with Crippen LogP contribution in [0, 0.1) is 41.3 Å². The molecule has 0 aliphatic heterocycles. The Morgan fingerprint density at radius 1 is 1.71 bits per heavy atom. The molecule has 0 fully saturated rings. The number of hydrogen-bond acceptors (Lipinski definition) is 2. The van der Waals surface area contributed by atoms with Gasteiger partial charge >= 0.3 is 5.97 Å². The van der Waals surface area contributed by atoms with Gasteiger partial charge in [0.2, 0.25) is 0 Å². The van der Waals surface area contributed by atoms with E-state index in [1.807, 2.05) is 0 Å². The molecule has 2 N–H and O–H groups in total. The summed E-state index contributed by atoms with van der Waals surface area (Å²) >= 11 is 0. The van der Waals surface area contributed by atoms with Crippen LogP contribution >= 0.6 is 0 Å². The van der Waals surface area contributed by atoms with E-state index in [2.05, 4.69) is 0 Å². The minimum atomic E-state index is -1.23. The molecule has 0 rings (SSSR count). The van der Waals surface area contributed by atoms with Crippen LogP contribution in [0.2, 0.25) is 0 Å². The summed E-state index contributed by atoms with van der Waals surface area (Å²) in [7, 11) is 0. The summed E-state index contributed by atoms with van der Waals surface area (Å²) in [6.45, 7) is 1.20. The molecule has 7 heavy (non-hydrogen) atoms. The number of aliphatic hydroxyl groups excluding tert-OH is 1. The maximum absolute atomic E-state index is 9.45. The largest absolute Gasteiger partial charge is 0.479 e. The number of hydrogen-bond donors (Lipinski definition) is 2. The van der Waals surface area contributed by atoms with Crippen molar-refractivity contribution >= 4 is 5.97 Å². The molecule has 39 valence electrons. The molecule has 0 aliphatic rings. The van der Waals surface area contributed by atoms with Crippen LogP contribution in [-0.4, -0.2) is 22.3 Å². The van der Waals surface area contributed by atoms with Crippen molar-refractivity contribution in [3.05, 3.63) is 0 Å².